The number of benzene rings is 2. The summed E-state index contributed by atoms with van der Waals surface area (Å²) in [5.74, 6) is 1.02. The molecule has 0 N–H and O–H groups in total. The molecule has 0 aliphatic carbocycles. The van der Waals surface area contributed by atoms with Gasteiger partial charge < -0.3 is 14.4 Å². The van der Waals surface area contributed by atoms with Gasteiger partial charge in [0, 0.05) is 30.2 Å². The Morgan fingerprint density at radius 3 is 2.81 bits per heavy atom. The quantitative estimate of drug-likeness (QED) is 0.758. The van der Waals surface area contributed by atoms with Gasteiger partial charge in [-0.3, -0.25) is 4.79 Å². The first-order chi connectivity index (χ1) is 13.2. The molecule has 0 spiro atoms. The fourth-order valence-electron chi connectivity index (χ4n) is 3.83. The second kappa shape index (κ2) is 8.36. The number of hydrogen-bond acceptors (Lipinski definition) is 4. The minimum Gasteiger partial charge on any atom is -0.496 e. The van der Waals surface area contributed by atoms with E-state index >= 15 is 0 Å². The second-order valence-electron chi connectivity index (χ2n) is 7.08. The van der Waals surface area contributed by atoms with Crippen LogP contribution in [-0.2, 0) is 22.5 Å². The minimum absolute atomic E-state index is 0.0569. The Morgan fingerprint density at radius 1 is 1.22 bits per heavy atom. The van der Waals surface area contributed by atoms with Crippen molar-refractivity contribution in [3.63, 3.8) is 0 Å². The number of methoxy groups -OCH3 is 1. The Morgan fingerprint density at radius 2 is 2.04 bits per heavy atom. The molecule has 2 heterocycles. The van der Waals surface area contributed by atoms with E-state index in [2.05, 4.69) is 12.1 Å². The number of rotatable bonds is 6. The van der Waals surface area contributed by atoms with Crippen LogP contribution in [0.5, 0.6) is 5.75 Å². The number of para-hydroxylation sites is 1. The topological polar surface area (TPSA) is 38.8 Å². The summed E-state index contributed by atoms with van der Waals surface area (Å²) in [6, 6.07) is 16.3. The molecule has 4 rings (SSSR count). The summed E-state index contributed by atoms with van der Waals surface area (Å²) in [6.07, 6.45) is 3.03. The predicted molar refractivity (Wildman–Crippen MR) is 107 cm³/mol. The van der Waals surface area contributed by atoms with E-state index < -0.39 is 0 Å². The van der Waals surface area contributed by atoms with E-state index in [-0.39, 0.29) is 17.3 Å². The number of amides is 1. The van der Waals surface area contributed by atoms with Crippen molar-refractivity contribution in [3.8, 4) is 5.75 Å². The summed E-state index contributed by atoms with van der Waals surface area (Å²) in [5.41, 5.74) is 2.31. The van der Waals surface area contributed by atoms with E-state index in [0.29, 0.717) is 13.1 Å². The first-order valence-electron chi connectivity index (χ1n) is 9.51. The van der Waals surface area contributed by atoms with E-state index in [0.717, 1.165) is 37.2 Å². The van der Waals surface area contributed by atoms with E-state index in [4.69, 9.17) is 9.47 Å². The SMILES string of the molecule is COc1ccccc1CN(CC1CCCO1)C(=O)C1Cc2ccccc2S1. The van der Waals surface area contributed by atoms with Crippen LogP contribution in [0.3, 0.4) is 0 Å². The summed E-state index contributed by atoms with van der Waals surface area (Å²) in [7, 11) is 1.68. The molecule has 142 valence electrons. The predicted octanol–water partition coefficient (Wildman–Crippen LogP) is 3.92. The Hall–Kier alpha value is -1.98. The molecular formula is C22H25NO3S. The zero-order valence-electron chi connectivity index (χ0n) is 15.6. The summed E-state index contributed by atoms with van der Waals surface area (Å²) in [4.78, 5) is 16.6. The lowest BCUT2D eigenvalue weighted by Gasteiger charge is -2.28. The number of thioether (sulfide) groups is 1. The van der Waals surface area contributed by atoms with E-state index in [9.17, 15) is 4.79 Å². The number of fused-ring (bicyclic) bond motifs is 1. The molecule has 2 aliphatic rings. The van der Waals surface area contributed by atoms with Crippen LogP contribution < -0.4 is 4.74 Å². The Labute approximate surface area is 164 Å². The van der Waals surface area contributed by atoms with Crippen LogP contribution in [0.2, 0.25) is 0 Å². The molecule has 27 heavy (non-hydrogen) atoms. The van der Waals surface area contributed by atoms with Crippen LogP contribution in [0.4, 0.5) is 0 Å². The van der Waals surface area contributed by atoms with Crippen molar-refractivity contribution in [1.29, 1.82) is 0 Å². The maximum atomic E-state index is 13.4. The third-order valence-electron chi connectivity index (χ3n) is 5.24. The van der Waals surface area contributed by atoms with Crippen molar-refractivity contribution >= 4 is 17.7 Å². The third kappa shape index (κ3) is 4.14. The van der Waals surface area contributed by atoms with Gasteiger partial charge in [0.15, 0.2) is 0 Å². The van der Waals surface area contributed by atoms with Crippen molar-refractivity contribution in [2.45, 2.75) is 42.1 Å². The monoisotopic (exact) mass is 383 g/mol. The molecule has 0 bridgehead atoms. The van der Waals surface area contributed by atoms with Crippen molar-refractivity contribution in [2.24, 2.45) is 0 Å². The normalized spacial score (nSPS) is 21.1. The number of hydrogen-bond donors (Lipinski definition) is 0. The summed E-state index contributed by atoms with van der Waals surface area (Å²) < 4.78 is 11.3. The molecule has 2 unspecified atom stereocenters. The van der Waals surface area contributed by atoms with Crippen molar-refractivity contribution in [3.05, 3.63) is 59.7 Å². The largest absolute Gasteiger partial charge is 0.496 e. The lowest BCUT2D eigenvalue weighted by Crippen LogP contribution is -2.41. The van der Waals surface area contributed by atoms with Crippen molar-refractivity contribution in [1.82, 2.24) is 4.90 Å². The molecule has 0 radical (unpaired) electrons. The number of carbonyl (C=O) groups excluding carboxylic acids is 1. The highest BCUT2D eigenvalue weighted by Gasteiger charge is 2.33. The standard InChI is InChI=1S/C22H25NO3S/c1-25-19-10-4-2-8-17(19)14-23(15-18-9-6-12-26-18)22(24)21-13-16-7-3-5-11-20(16)27-21/h2-5,7-8,10-11,18,21H,6,9,12-15H2,1H3. The molecule has 1 fully saturated rings. The van der Waals surface area contributed by atoms with Crippen LogP contribution in [0, 0.1) is 0 Å². The van der Waals surface area contributed by atoms with Gasteiger partial charge in [-0.15, -0.1) is 11.8 Å². The Balaban J connectivity index is 1.53. The fourth-order valence-corrected chi connectivity index (χ4v) is 5.11. The number of nitrogens with zero attached hydrogens (tertiary/aromatic N) is 1. The van der Waals surface area contributed by atoms with E-state index in [1.165, 1.54) is 10.5 Å². The minimum atomic E-state index is -0.0569. The zero-order valence-corrected chi connectivity index (χ0v) is 16.4. The second-order valence-corrected chi connectivity index (χ2v) is 8.33. The number of ether oxygens (including phenoxy) is 2. The van der Waals surface area contributed by atoms with Crippen molar-refractivity contribution < 1.29 is 14.3 Å². The highest BCUT2D eigenvalue weighted by molar-refractivity contribution is 8.01. The molecule has 2 aromatic rings. The van der Waals surface area contributed by atoms with Crippen LogP contribution in [0.15, 0.2) is 53.4 Å². The van der Waals surface area contributed by atoms with E-state index in [1.807, 2.05) is 41.3 Å². The first kappa shape index (κ1) is 18.4. The van der Waals surface area contributed by atoms with Gasteiger partial charge in [-0.1, -0.05) is 36.4 Å². The highest BCUT2D eigenvalue weighted by Crippen LogP contribution is 2.38. The van der Waals surface area contributed by atoms with Gasteiger partial charge in [0.2, 0.25) is 5.91 Å². The van der Waals surface area contributed by atoms with Gasteiger partial charge in [-0.2, -0.15) is 0 Å². The van der Waals surface area contributed by atoms with Crippen molar-refractivity contribution in [2.75, 3.05) is 20.3 Å². The Kier molecular flexibility index (Phi) is 5.69. The lowest BCUT2D eigenvalue weighted by molar-refractivity contribution is -0.132. The maximum Gasteiger partial charge on any atom is 0.236 e. The molecule has 1 amide bonds. The molecule has 2 aliphatic heterocycles. The lowest BCUT2D eigenvalue weighted by atomic mass is 10.1. The van der Waals surface area contributed by atoms with Gasteiger partial charge in [-0.25, -0.2) is 0 Å². The van der Waals surface area contributed by atoms with Crippen LogP contribution in [-0.4, -0.2) is 42.4 Å². The van der Waals surface area contributed by atoms with Gasteiger partial charge in [-0.05, 0) is 37.0 Å². The molecular weight excluding hydrogens is 358 g/mol. The fraction of sp³-hybridized carbons (Fsp3) is 0.409. The Bertz CT molecular complexity index is 779. The molecule has 0 aromatic heterocycles. The first-order valence-corrected chi connectivity index (χ1v) is 10.4. The number of carbonyl (C=O) groups is 1. The molecule has 2 atom stereocenters. The van der Waals surface area contributed by atoms with E-state index in [1.54, 1.807) is 18.9 Å². The highest BCUT2D eigenvalue weighted by atomic mass is 32.2. The van der Waals surface area contributed by atoms with Gasteiger partial charge in [0.25, 0.3) is 0 Å². The summed E-state index contributed by atoms with van der Waals surface area (Å²) >= 11 is 1.69. The zero-order chi connectivity index (χ0) is 18.6. The third-order valence-corrected chi connectivity index (χ3v) is 6.54. The van der Waals surface area contributed by atoms with Gasteiger partial charge >= 0.3 is 0 Å². The molecule has 4 nitrogen and oxygen atoms in total. The van der Waals surface area contributed by atoms with Gasteiger partial charge in [0.1, 0.15) is 5.75 Å². The molecule has 2 aromatic carbocycles. The average molecular weight is 384 g/mol. The van der Waals surface area contributed by atoms with Crippen LogP contribution in [0.1, 0.15) is 24.0 Å². The smallest absolute Gasteiger partial charge is 0.236 e. The van der Waals surface area contributed by atoms with Crippen LogP contribution in [0.25, 0.3) is 0 Å². The maximum absolute atomic E-state index is 13.4. The van der Waals surface area contributed by atoms with Crippen LogP contribution >= 0.6 is 11.8 Å². The molecule has 1 saturated heterocycles. The summed E-state index contributed by atoms with van der Waals surface area (Å²) in [5, 5.41) is -0.0569. The molecule has 0 saturated carbocycles. The average Bonchev–Trinajstić information content (AvgIpc) is 3.36. The van der Waals surface area contributed by atoms with Gasteiger partial charge in [0.05, 0.1) is 18.5 Å². The molecule has 5 heteroatoms. The summed E-state index contributed by atoms with van der Waals surface area (Å²) in [6.45, 7) is 1.99.